The van der Waals surface area contributed by atoms with Crippen LogP contribution in [0.2, 0.25) is 0 Å². The van der Waals surface area contributed by atoms with E-state index in [2.05, 4.69) is 48.6 Å². The molecule has 3 atom stereocenters. The molecule has 2 unspecified atom stereocenters. The molecule has 2 heteroatoms. The quantitative estimate of drug-likeness (QED) is 0.873. The molecule has 1 N–H and O–H groups in total. The van der Waals surface area contributed by atoms with E-state index < -0.39 is 0 Å². The minimum atomic E-state index is 0.277. The van der Waals surface area contributed by atoms with Gasteiger partial charge in [-0.15, -0.1) is 0 Å². The zero-order valence-corrected chi connectivity index (χ0v) is 12.1. The number of nitrogens with one attached hydrogen (secondary N) is 1. The van der Waals surface area contributed by atoms with Crippen molar-refractivity contribution in [1.82, 2.24) is 5.32 Å². The Morgan fingerprint density at radius 1 is 1.05 bits per heavy atom. The summed E-state index contributed by atoms with van der Waals surface area (Å²) in [6.45, 7) is 2.19. The Hall–Kier alpha value is -1.54. The molecular weight excluding hydrogens is 246 g/mol. The van der Waals surface area contributed by atoms with Crippen LogP contribution in [0, 0.1) is 0 Å². The summed E-state index contributed by atoms with van der Waals surface area (Å²) in [4.78, 5) is 0. The van der Waals surface area contributed by atoms with Gasteiger partial charge in [-0.25, -0.2) is 0 Å². The van der Waals surface area contributed by atoms with Crippen LogP contribution >= 0.6 is 0 Å². The van der Waals surface area contributed by atoms with E-state index >= 15 is 0 Å². The van der Waals surface area contributed by atoms with Crippen LogP contribution in [0.25, 0.3) is 0 Å². The second-order valence-electron chi connectivity index (χ2n) is 5.81. The molecule has 0 saturated heterocycles. The molecule has 0 aliphatic heterocycles. The average molecular weight is 269 g/mol. The van der Waals surface area contributed by atoms with Crippen LogP contribution < -0.4 is 5.32 Å². The summed E-state index contributed by atoms with van der Waals surface area (Å²) in [5.74, 6) is 1.66. The lowest BCUT2D eigenvalue weighted by molar-refractivity contribution is 0.290. The van der Waals surface area contributed by atoms with E-state index in [9.17, 15) is 0 Å². The van der Waals surface area contributed by atoms with Crippen LogP contribution in [0.5, 0.6) is 0 Å². The Kier molecular flexibility index (Phi) is 4.22. The molecule has 1 aromatic heterocycles. The Balaban J connectivity index is 1.73. The first-order valence-electron chi connectivity index (χ1n) is 7.69. The van der Waals surface area contributed by atoms with Gasteiger partial charge in [-0.1, -0.05) is 43.2 Å². The SMILES string of the molecule is C[C@H](NC1CCCCC1c1ccccc1)c1ccco1. The standard InChI is InChI=1S/C18H23NO/c1-14(18-12-7-13-20-18)19-17-11-6-5-10-16(17)15-8-3-2-4-9-15/h2-4,7-9,12-14,16-17,19H,5-6,10-11H2,1H3/t14-,16?,17?/m0/s1. The lowest BCUT2D eigenvalue weighted by atomic mass is 9.79. The van der Waals surface area contributed by atoms with Crippen molar-refractivity contribution in [3.8, 4) is 0 Å². The zero-order valence-electron chi connectivity index (χ0n) is 12.1. The van der Waals surface area contributed by atoms with Crippen molar-refractivity contribution in [1.29, 1.82) is 0 Å². The Bertz CT molecular complexity index is 505. The third-order valence-corrected chi connectivity index (χ3v) is 4.43. The first-order chi connectivity index (χ1) is 9.84. The van der Waals surface area contributed by atoms with Gasteiger partial charge < -0.3 is 9.73 Å². The largest absolute Gasteiger partial charge is 0.468 e. The molecular formula is C18H23NO. The lowest BCUT2D eigenvalue weighted by Gasteiger charge is -2.34. The molecule has 2 nitrogen and oxygen atoms in total. The number of furan rings is 1. The van der Waals surface area contributed by atoms with E-state index in [0.717, 1.165) is 5.76 Å². The lowest BCUT2D eigenvalue weighted by Crippen LogP contribution is -2.38. The predicted molar refractivity (Wildman–Crippen MR) is 81.7 cm³/mol. The van der Waals surface area contributed by atoms with Crippen LogP contribution in [-0.4, -0.2) is 6.04 Å². The molecule has 1 heterocycles. The van der Waals surface area contributed by atoms with E-state index in [1.54, 1.807) is 6.26 Å². The molecule has 0 radical (unpaired) electrons. The van der Waals surface area contributed by atoms with E-state index in [0.29, 0.717) is 12.0 Å². The summed E-state index contributed by atoms with van der Waals surface area (Å²) in [7, 11) is 0. The molecule has 1 saturated carbocycles. The monoisotopic (exact) mass is 269 g/mol. The van der Waals surface area contributed by atoms with Gasteiger partial charge >= 0.3 is 0 Å². The van der Waals surface area contributed by atoms with E-state index in [1.807, 2.05) is 6.07 Å². The normalized spacial score (nSPS) is 24.4. The summed E-state index contributed by atoms with van der Waals surface area (Å²) in [6, 6.07) is 15.8. The Morgan fingerprint density at radius 3 is 2.60 bits per heavy atom. The van der Waals surface area contributed by atoms with Gasteiger partial charge in [-0.2, -0.15) is 0 Å². The summed E-state index contributed by atoms with van der Waals surface area (Å²) in [6.07, 6.45) is 6.96. The van der Waals surface area contributed by atoms with Crippen molar-refractivity contribution in [3.63, 3.8) is 0 Å². The van der Waals surface area contributed by atoms with Gasteiger partial charge in [0, 0.05) is 6.04 Å². The smallest absolute Gasteiger partial charge is 0.120 e. The highest BCUT2D eigenvalue weighted by Crippen LogP contribution is 2.34. The highest BCUT2D eigenvalue weighted by Gasteiger charge is 2.27. The Morgan fingerprint density at radius 2 is 1.85 bits per heavy atom. The average Bonchev–Trinajstić information content (AvgIpc) is 3.03. The van der Waals surface area contributed by atoms with Crippen LogP contribution in [0.1, 0.15) is 55.9 Å². The second kappa shape index (κ2) is 6.27. The Labute approximate surface area is 121 Å². The molecule has 3 rings (SSSR count). The van der Waals surface area contributed by atoms with Gasteiger partial charge in [0.25, 0.3) is 0 Å². The number of hydrogen-bond donors (Lipinski definition) is 1. The fourth-order valence-corrected chi connectivity index (χ4v) is 3.37. The minimum absolute atomic E-state index is 0.277. The number of benzene rings is 1. The molecule has 0 spiro atoms. The van der Waals surface area contributed by atoms with Crippen molar-refractivity contribution in [3.05, 3.63) is 60.1 Å². The van der Waals surface area contributed by atoms with Crippen LogP contribution in [0.3, 0.4) is 0 Å². The molecule has 0 bridgehead atoms. The van der Waals surface area contributed by atoms with Gasteiger partial charge in [0.15, 0.2) is 0 Å². The molecule has 106 valence electrons. The highest BCUT2D eigenvalue weighted by molar-refractivity contribution is 5.22. The molecule has 1 fully saturated rings. The maximum Gasteiger partial charge on any atom is 0.120 e. The third-order valence-electron chi connectivity index (χ3n) is 4.43. The minimum Gasteiger partial charge on any atom is -0.468 e. The first-order valence-corrected chi connectivity index (χ1v) is 7.69. The highest BCUT2D eigenvalue weighted by atomic mass is 16.3. The van der Waals surface area contributed by atoms with Crippen LogP contribution in [0.15, 0.2) is 53.1 Å². The molecule has 0 amide bonds. The van der Waals surface area contributed by atoms with Crippen molar-refractivity contribution in [2.75, 3.05) is 0 Å². The van der Waals surface area contributed by atoms with Gasteiger partial charge in [-0.3, -0.25) is 0 Å². The van der Waals surface area contributed by atoms with Gasteiger partial charge in [0.05, 0.1) is 12.3 Å². The van der Waals surface area contributed by atoms with E-state index in [1.165, 1.54) is 31.2 Å². The summed E-state index contributed by atoms with van der Waals surface area (Å²) >= 11 is 0. The predicted octanol–water partition coefficient (Wildman–Crippen LogP) is 4.66. The summed E-state index contributed by atoms with van der Waals surface area (Å²) < 4.78 is 5.52. The zero-order chi connectivity index (χ0) is 13.8. The topological polar surface area (TPSA) is 25.2 Å². The third kappa shape index (κ3) is 2.96. The van der Waals surface area contributed by atoms with Crippen molar-refractivity contribution in [2.45, 2.75) is 50.6 Å². The fraction of sp³-hybridized carbons (Fsp3) is 0.444. The molecule has 20 heavy (non-hydrogen) atoms. The first kappa shape index (κ1) is 13.4. The van der Waals surface area contributed by atoms with Crippen LogP contribution in [0.4, 0.5) is 0 Å². The van der Waals surface area contributed by atoms with Crippen molar-refractivity contribution < 1.29 is 4.42 Å². The van der Waals surface area contributed by atoms with Gasteiger partial charge in [0.1, 0.15) is 5.76 Å². The van der Waals surface area contributed by atoms with Gasteiger partial charge in [0.2, 0.25) is 0 Å². The molecule has 1 aliphatic rings. The summed E-state index contributed by atoms with van der Waals surface area (Å²) in [5, 5.41) is 3.78. The fourth-order valence-electron chi connectivity index (χ4n) is 3.37. The molecule has 1 aliphatic carbocycles. The maximum atomic E-state index is 5.52. The van der Waals surface area contributed by atoms with Gasteiger partial charge in [-0.05, 0) is 43.4 Å². The van der Waals surface area contributed by atoms with Crippen molar-refractivity contribution >= 4 is 0 Å². The maximum absolute atomic E-state index is 5.52. The second-order valence-corrected chi connectivity index (χ2v) is 5.81. The van der Waals surface area contributed by atoms with E-state index in [-0.39, 0.29) is 6.04 Å². The van der Waals surface area contributed by atoms with E-state index in [4.69, 9.17) is 4.42 Å². The number of hydrogen-bond acceptors (Lipinski definition) is 2. The van der Waals surface area contributed by atoms with Crippen molar-refractivity contribution in [2.24, 2.45) is 0 Å². The number of rotatable bonds is 4. The van der Waals surface area contributed by atoms with Crippen LogP contribution in [-0.2, 0) is 0 Å². The molecule has 2 aromatic rings. The molecule has 1 aromatic carbocycles. The summed E-state index contributed by atoms with van der Waals surface area (Å²) in [5.41, 5.74) is 1.47.